The third kappa shape index (κ3) is 2.23. The SMILES string of the molecule is Clc1cc2c(c(NCc3cncs3)c1)OCC2. The molecule has 0 unspecified atom stereocenters. The molecule has 0 bridgehead atoms. The number of halogens is 1. The lowest BCUT2D eigenvalue weighted by Crippen LogP contribution is -1.99. The summed E-state index contributed by atoms with van der Waals surface area (Å²) in [5.41, 5.74) is 3.98. The highest BCUT2D eigenvalue weighted by atomic mass is 35.5. The summed E-state index contributed by atoms with van der Waals surface area (Å²) in [6.45, 7) is 1.49. The second-order valence-electron chi connectivity index (χ2n) is 3.86. The summed E-state index contributed by atoms with van der Waals surface area (Å²) in [6, 6.07) is 3.88. The van der Waals surface area contributed by atoms with Crippen LogP contribution in [0.5, 0.6) is 5.75 Å². The van der Waals surface area contributed by atoms with Crippen LogP contribution in [0.25, 0.3) is 0 Å². The van der Waals surface area contributed by atoms with Gasteiger partial charge in [0, 0.05) is 28.1 Å². The number of ether oxygens (including phenoxy) is 1. The lowest BCUT2D eigenvalue weighted by atomic mass is 10.1. The molecule has 0 atom stereocenters. The molecule has 0 spiro atoms. The zero-order valence-corrected chi connectivity index (χ0v) is 10.6. The first-order valence-electron chi connectivity index (χ1n) is 5.39. The normalized spacial score (nSPS) is 13.2. The molecular weight excluding hydrogens is 256 g/mol. The van der Waals surface area contributed by atoms with E-state index in [9.17, 15) is 0 Å². The summed E-state index contributed by atoms with van der Waals surface area (Å²) in [7, 11) is 0. The third-order valence-electron chi connectivity index (χ3n) is 2.68. The Bertz CT molecular complexity index is 528. The van der Waals surface area contributed by atoms with Crippen LogP contribution in [0.3, 0.4) is 0 Å². The van der Waals surface area contributed by atoms with E-state index in [0.29, 0.717) is 0 Å². The van der Waals surface area contributed by atoms with Gasteiger partial charge >= 0.3 is 0 Å². The van der Waals surface area contributed by atoms with E-state index in [2.05, 4.69) is 10.3 Å². The maximum atomic E-state index is 6.08. The minimum atomic E-state index is 0.741. The van der Waals surface area contributed by atoms with Gasteiger partial charge in [-0.05, 0) is 12.1 Å². The maximum absolute atomic E-state index is 6.08. The van der Waals surface area contributed by atoms with E-state index in [1.165, 1.54) is 10.4 Å². The summed E-state index contributed by atoms with van der Waals surface area (Å²) >= 11 is 7.72. The van der Waals surface area contributed by atoms with Crippen molar-refractivity contribution in [2.75, 3.05) is 11.9 Å². The maximum Gasteiger partial charge on any atom is 0.145 e. The van der Waals surface area contributed by atoms with E-state index in [0.717, 1.165) is 36.0 Å². The van der Waals surface area contributed by atoms with Crippen LogP contribution in [0.2, 0.25) is 5.02 Å². The lowest BCUT2D eigenvalue weighted by Gasteiger charge is -2.10. The molecule has 0 saturated heterocycles. The zero-order valence-electron chi connectivity index (χ0n) is 9.07. The van der Waals surface area contributed by atoms with Gasteiger partial charge < -0.3 is 10.1 Å². The van der Waals surface area contributed by atoms with Crippen molar-refractivity contribution in [2.24, 2.45) is 0 Å². The van der Waals surface area contributed by atoms with Crippen molar-refractivity contribution in [3.05, 3.63) is 39.3 Å². The summed E-state index contributed by atoms with van der Waals surface area (Å²) in [5.74, 6) is 0.943. The van der Waals surface area contributed by atoms with Crippen LogP contribution in [-0.2, 0) is 13.0 Å². The summed E-state index contributed by atoms with van der Waals surface area (Å²) < 4.78 is 5.62. The standard InChI is InChI=1S/C12H11ClN2OS/c13-9-3-8-1-2-16-12(8)11(4-9)15-6-10-5-14-7-17-10/h3-5,7,15H,1-2,6H2. The second-order valence-corrected chi connectivity index (χ2v) is 5.27. The van der Waals surface area contributed by atoms with E-state index >= 15 is 0 Å². The fourth-order valence-corrected chi connectivity index (χ4v) is 2.69. The highest BCUT2D eigenvalue weighted by Crippen LogP contribution is 2.36. The molecule has 0 fully saturated rings. The Morgan fingerprint density at radius 3 is 3.24 bits per heavy atom. The molecular formula is C12H11ClN2OS. The van der Waals surface area contributed by atoms with Gasteiger partial charge in [-0.1, -0.05) is 11.6 Å². The summed E-state index contributed by atoms with van der Waals surface area (Å²) in [6.07, 6.45) is 2.80. The Labute approximate surface area is 108 Å². The van der Waals surface area contributed by atoms with Crippen LogP contribution in [0.1, 0.15) is 10.4 Å². The zero-order chi connectivity index (χ0) is 11.7. The number of aromatic nitrogens is 1. The fourth-order valence-electron chi connectivity index (χ4n) is 1.91. The number of fused-ring (bicyclic) bond motifs is 1. The Morgan fingerprint density at radius 2 is 2.41 bits per heavy atom. The number of rotatable bonds is 3. The molecule has 17 heavy (non-hydrogen) atoms. The number of anilines is 1. The topological polar surface area (TPSA) is 34.2 Å². The third-order valence-corrected chi connectivity index (χ3v) is 3.68. The summed E-state index contributed by atoms with van der Waals surface area (Å²) in [5, 5.41) is 4.10. The Hall–Kier alpha value is -1.26. The number of benzene rings is 1. The molecule has 2 heterocycles. The highest BCUT2D eigenvalue weighted by molar-refractivity contribution is 7.09. The van der Waals surface area contributed by atoms with Gasteiger partial charge in [-0.2, -0.15) is 0 Å². The number of hydrogen-bond acceptors (Lipinski definition) is 4. The molecule has 2 aromatic rings. The van der Waals surface area contributed by atoms with E-state index in [-0.39, 0.29) is 0 Å². The molecule has 0 saturated carbocycles. The first-order valence-corrected chi connectivity index (χ1v) is 6.65. The predicted octanol–water partition coefficient (Wildman–Crippen LogP) is 3.34. The number of hydrogen-bond donors (Lipinski definition) is 1. The van der Waals surface area contributed by atoms with Crippen LogP contribution in [0.4, 0.5) is 5.69 Å². The molecule has 0 aliphatic carbocycles. The first kappa shape index (κ1) is 10.9. The quantitative estimate of drug-likeness (QED) is 0.925. The molecule has 1 aromatic heterocycles. The van der Waals surface area contributed by atoms with Crippen LogP contribution in [0, 0.1) is 0 Å². The van der Waals surface area contributed by atoms with Crippen molar-refractivity contribution >= 4 is 28.6 Å². The van der Waals surface area contributed by atoms with Crippen LogP contribution >= 0.6 is 22.9 Å². The minimum absolute atomic E-state index is 0.741. The van der Waals surface area contributed by atoms with Crippen LogP contribution in [0.15, 0.2) is 23.8 Å². The average Bonchev–Trinajstić information content (AvgIpc) is 2.95. The lowest BCUT2D eigenvalue weighted by molar-refractivity contribution is 0.358. The van der Waals surface area contributed by atoms with Crippen molar-refractivity contribution in [2.45, 2.75) is 13.0 Å². The van der Waals surface area contributed by atoms with Gasteiger partial charge in [0.25, 0.3) is 0 Å². The van der Waals surface area contributed by atoms with Crippen LogP contribution in [-0.4, -0.2) is 11.6 Å². The van der Waals surface area contributed by atoms with Crippen molar-refractivity contribution in [3.63, 3.8) is 0 Å². The van der Waals surface area contributed by atoms with Crippen molar-refractivity contribution in [1.29, 1.82) is 0 Å². The van der Waals surface area contributed by atoms with Gasteiger partial charge in [-0.25, -0.2) is 0 Å². The van der Waals surface area contributed by atoms with Gasteiger partial charge in [-0.3, -0.25) is 4.98 Å². The molecule has 1 aliphatic heterocycles. The van der Waals surface area contributed by atoms with Crippen molar-refractivity contribution in [1.82, 2.24) is 4.98 Å². The minimum Gasteiger partial charge on any atom is -0.491 e. The molecule has 1 aliphatic rings. The van der Waals surface area contributed by atoms with E-state index in [4.69, 9.17) is 16.3 Å². The number of nitrogens with one attached hydrogen (secondary N) is 1. The van der Waals surface area contributed by atoms with Gasteiger partial charge in [0.2, 0.25) is 0 Å². The Balaban J connectivity index is 1.83. The number of thiazole rings is 1. The Kier molecular flexibility index (Phi) is 2.91. The second kappa shape index (κ2) is 4.55. The molecule has 0 amide bonds. The van der Waals surface area contributed by atoms with Crippen LogP contribution < -0.4 is 10.1 Å². The van der Waals surface area contributed by atoms with Crippen molar-refractivity contribution < 1.29 is 4.74 Å². The molecule has 3 rings (SSSR count). The van der Waals surface area contributed by atoms with Crippen molar-refractivity contribution in [3.8, 4) is 5.75 Å². The van der Waals surface area contributed by atoms with Gasteiger partial charge in [0.05, 0.1) is 24.3 Å². The molecule has 5 heteroatoms. The smallest absolute Gasteiger partial charge is 0.145 e. The molecule has 88 valence electrons. The highest BCUT2D eigenvalue weighted by Gasteiger charge is 2.17. The van der Waals surface area contributed by atoms with Gasteiger partial charge in [-0.15, -0.1) is 11.3 Å². The van der Waals surface area contributed by atoms with E-state index < -0.39 is 0 Å². The number of nitrogens with zero attached hydrogens (tertiary/aromatic N) is 1. The monoisotopic (exact) mass is 266 g/mol. The Morgan fingerprint density at radius 1 is 1.47 bits per heavy atom. The first-order chi connectivity index (χ1) is 8.33. The molecule has 1 N–H and O–H groups in total. The molecule has 1 aromatic carbocycles. The fraction of sp³-hybridized carbons (Fsp3) is 0.250. The average molecular weight is 267 g/mol. The molecule has 3 nitrogen and oxygen atoms in total. The van der Waals surface area contributed by atoms with Gasteiger partial charge in [0.1, 0.15) is 5.75 Å². The van der Waals surface area contributed by atoms with E-state index in [1.807, 2.05) is 23.8 Å². The van der Waals surface area contributed by atoms with E-state index in [1.54, 1.807) is 11.3 Å². The summed E-state index contributed by atoms with van der Waals surface area (Å²) in [4.78, 5) is 5.24. The predicted molar refractivity (Wildman–Crippen MR) is 70.1 cm³/mol. The molecule has 0 radical (unpaired) electrons. The largest absolute Gasteiger partial charge is 0.491 e. The van der Waals surface area contributed by atoms with Gasteiger partial charge in [0.15, 0.2) is 0 Å².